The van der Waals surface area contributed by atoms with E-state index in [2.05, 4.69) is 142 Å². The summed E-state index contributed by atoms with van der Waals surface area (Å²) in [5.41, 5.74) is 9.55. The van der Waals surface area contributed by atoms with E-state index in [1.807, 2.05) is 18.3 Å². The molecule has 0 N–H and O–H groups in total. The number of hydrogen-bond acceptors (Lipinski definition) is 3. The van der Waals surface area contributed by atoms with Crippen LogP contribution in [0.2, 0.25) is 0 Å². The molecular formula is C46H26N4. The summed E-state index contributed by atoms with van der Waals surface area (Å²) in [5.74, 6) is 0. The molecule has 4 heteroatoms. The normalized spacial score (nSPS) is 11.2. The van der Waals surface area contributed by atoms with Crippen LogP contribution in [0, 0.1) is 17.9 Å². The first-order valence-corrected chi connectivity index (χ1v) is 16.4. The number of pyridine rings is 2. The van der Waals surface area contributed by atoms with Crippen molar-refractivity contribution in [2.75, 3.05) is 0 Å². The fraction of sp³-hybridized carbons (Fsp3) is 0. The van der Waals surface area contributed by atoms with Gasteiger partial charge in [0.2, 0.25) is 5.69 Å². The highest BCUT2D eigenvalue weighted by Gasteiger charge is 2.21. The smallest absolute Gasteiger partial charge is 0.205 e. The Bertz CT molecular complexity index is 2680. The van der Waals surface area contributed by atoms with Gasteiger partial charge in [0.25, 0.3) is 0 Å². The van der Waals surface area contributed by atoms with Crippen LogP contribution in [0.3, 0.4) is 0 Å². The lowest BCUT2D eigenvalue weighted by Crippen LogP contribution is -1.94. The zero-order chi connectivity index (χ0) is 33.6. The van der Waals surface area contributed by atoms with Crippen molar-refractivity contribution in [1.29, 1.82) is 5.26 Å². The van der Waals surface area contributed by atoms with E-state index < -0.39 is 0 Å². The van der Waals surface area contributed by atoms with Crippen molar-refractivity contribution in [3.8, 4) is 50.6 Å². The van der Waals surface area contributed by atoms with Gasteiger partial charge in [0.05, 0.1) is 12.1 Å². The van der Waals surface area contributed by atoms with E-state index in [-0.39, 0.29) is 0 Å². The van der Waals surface area contributed by atoms with Crippen LogP contribution in [0.1, 0.15) is 5.56 Å². The predicted molar refractivity (Wildman–Crippen MR) is 205 cm³/mol. The first kappa shape index (κ1) is 29.0. The molecular weight excluding hydrogens is 609 g/mol. The number of aromatic nitrogens is 2. The second-order valence-corrected chi connectivity index (χ2v) is 12.4. The van der Waals surface area contributed by atoms with Gasteiger partial charge in [-0.2, -0.15) is 5.26 Å². The number of hydrogen-bond donors (Lipinski definition) is 0. The van der Waals surface area contributed by atoms with Gasteiger partial charge < -0.3 is 0 Å². The van der Waals surface area contributed by atoms with Gasteiger partial charge in [-0.3, -0.25) is 9.97 Å². The summed E-state index contributed by atoms with van der Waals surface area (Å²) < 4.78 is 0. The Balaban J connectivity index is 1.37. The monoisotopic (exact) mass is 634 g/mol. The first-order valence-electron chi connectivity index (χ1n) is 16.4. The fourth-order valence-electron chi connectivity index (χ4n) is 7.41. The van der Waals surface area contributed by atoms with Crippen molar-refractivity contribution in [3.05, 3.63) is 175 Å². The van der Waals surface area contributed by atoms with Crippen LogP contribution in [0.5, 0.6) is 0 Å². The Kier molecular flexibility index (Phi) is 6.87. The van der Waals surface area contributed by atoms with E-state index in [1.54, 1.807) is 18.6 Å². The van der Waals surface area contributed by atoms with E-state index in [0.717, 1.165) is 33.4 Å². The van der Waals surface area contributed by atoms with Gasteiger partial charge in [-0.1, -0.05) is 121 Å². The van der Waals surface area contributed by atoms with E-state index in [9.17, 15) is 5.26 Å². The highest BCUT2D eigenvalue weighted by Crippen LogP contribution is 2.49. The number of fused-ring (bicyclic) bond motifs is 7. The van der Waals surface area contributed by atoms with Gasteiger partial charge in [-0.15, -0.1) is 0 Å². The Morgan fingerprint density at radius 1 is 0.440 bits per heavy atom. The van der Waals surface area contributed by atoms with Gasteiger partial charge in [0.15, 0.2) is 0 Å². The Morgan fingerprint density at radius 3 is 1.34 bits per heavy atom. The van der Waals surface area contributed by atoms with Crippen LogP contribution < -0.4 is 0 Å². The molecule has 9 rings (SSSR count). The largest absolute Gasteiger partial charge is 0.276 e. The molecule has 0 spiro atoms. The molecule has 0 aliphatic rings. The Labute approximate surface area is 289 Å². The molecule has 0 atom stereocenters. The summed E-state index contributed by atoms with van der Waals surface area (Å²) in [7, 11) is 0. The molecule has 0 radical (unpaired) electrons. The zero-order valence-corrected chi connectivity index (χ0v) is 26.8. The fourth-order valence-corrected chi connectivity index (χ4v) is 7.41. The molecule has 0 aliphatic heterocycles. The van der Waals surface area contributed by atoms with Gasteiger partial charge in [-0.25, -0.2) is 4.85 Å². The number of nitrogens with zero attached hydrogens (tertiary/aromatic N) is 4. The van der Waals surface area contributed by atoms with Crippen LogP contribution in [0.15, 0.2) is 158 Å². The Hall–Kier alpha value is -7.14. The van der Waals surface area contributed by atoms with Crippen molar-refractivity contribution >= 4 is 48.8 Å². The molecule has 0 unspecified atom stereocenters. The molecule has 0 saturated heterocycles. The minimum Gasteiger partial charge on any atom is -0.276 e. The molecule has 2 aromatic heterocycles. The second kappa shape index (κ2) is 11.8. The predicted octanol–water partition coefficient (Wildman–Crippen LogP) is 12.2. The average molecular weight is 635 g/mol. The van der Waals surface area contributed by atoms with Crippen molar-refractivity contribution in [3.63, 3.8) is 0 Å². The number of rotatable bonds is 4. The maximum absolute atomic E-state index is 9.45. The molecule has 0 amide bonds. The van der Waals surface area contributed by atoms with Gasteiger partial charge in [0, 0.05) is 30.4 Å². The summed E-state index contributed by atoms with van der Waals surface area (Å²) in [4.78, 5) is 12.2. The highest BCUT2D eigenvalue weighted by atomic mass is 14.7. The quantitative estimate of drug-likeness (QED) is 0.110. The third-order valence-electron chi connectivity index (χ3n) is 9.63. The van der Waals surface area contributed by atoms with Crippen molar-refractivity contribution in [1.82, 2.24) is 9.97 Å². The molecule has 0 aliphatic carbocycles. The molecule has 9 aromatic rings. The summed E-state index contributed by atoms with van der Waals surface area (Å²) >= 11 is 0. The van der Waals surface area contributed by atoms with Gasteiger partial charge in [-0.05, 0) is 94.2 Å². The second-order valence-electron chi connectivity index (χ2n) is 12.4. The summed E-state index contributed by atoms with van der Waals surface area (Å²) in [6.07, 6.45) is 6.80. The molecule has 7 aromatic carbocycles. The standard InChI is InChI=1S/C46H26N4/c1-48-36-23-35(27-50-28-36)31-16-20-33(21-17-31)44-42-13-7-6-12-41(42)43(32-18-14-30(15-19-32)34-22-29(24-47)25-49-26-34)45-39-10-4-2-8-37(39)38-9-3-5-11-40(38)46(44)45/h2-23,25-28H. The van der Waals surface area contributed by atoms with Gasteiger partial charge >= 0.3 is 0 Å². The minimum absolute atomic E-state index is 0.526. The molecule has 230 valence electrons. The molecule has 2 heterocycles. The summed E-state index contributed by atoms with van der Waals surface area (Å²) in [6, 6.07) is 49.5. The van der Waals surface area contributed by atoms with E-state index in [1.165, 1.54) is 54.2 Å². The maximum atomic E-state index is 9.45. The highest BCUT2D eigenvalue weighted by molar-refractivity contribution is 6.36. The van der Waals surface area contributed by atoms with Crippen LogP contribution >= 0.6 is 0 Å². The lowest BCUT2D eigenvalue weighted by molar-refractivity contribution is 1.30. The summed E-state index contributed by atoms with van der Waals surface area (Å²) in [6.45, 7) is 7.44. The van der Waals surface area contributed by atoms with Crippen molar-refractivity contribution in [2.45, 2.75) is 0 Å². The van der Waals surface area contributed by atoms with Gasteiger partial charge in [0.1, 0.15) is 6.07 Å². The third kappa shape index (κ3) is 4.67. The summed E-state index contributed by atoms with van der Waals surface area (Å²) in [5, 5.41) is 19.1. The number of benzene rings is 7. The topological polar surface area (TPSA) is 53.9 Å². The SMILES string of the molecule is [C-]#[N+]c1cncc(-c2ccc(-c3c4ccccc4c(-c4ccc(-c5cncc(C#N)c5)cc4)c4c5ccccc5c5ccccc5c34)cc2)c1. The average Bonchev–Trinajstić information content (AvgIpc) is 3.20. The third-order valence-corrected chi connectivity index (χ3v) is 9.63. The van der Waals surface area contributed by atoms with Crippen LogP contribution in [0.25, 0.3) is 92.4 Å². The van der Waals surface area contributed by atoms with Crippen molar-refractivity contribution in [2.24, 2.45) is 0 Å². The molecule has 50 heavy (non-hydrogen) atoms. The molecule has 0 fully saturated rings. The van der Waals surface area contributed by atoms with Crippen molar-refractivity contribution < 1.29 is 0 Å². The molecule has 4 nitrogen and oxygen atoms in total. The lowest BCUT2D eigenvalue weighted by Gasteiger charge is -2.22. The van der Waals surface area contributed by atoms with E-state index in [4.69, 9.17) is 6.57 Å². The maximum Gasteiger partial charge on any atom is 0.205 e. The molecule has 0 saturated carbocycles. The van der Waals surface area contributed by atoms with E-state index >= 15 is 0 Å². The van der Waals surface area contributed by atoms with Crippen LogP contribution in [0.4, 0.5) is 5.69 Å². The molecule has 0 bridgehead atoms. The number of nitriles is 1. The van der Waals surface area contributed by atoms with Crippen LogP contribution in [-0.4, -0.2) is 9.97 Å². The Morgan fingerprint density at radius 2 is 0.860 bits per heavy atom. The minimum atomic E-state index is 0.526. The van der Waals surface area contributed by atoms with E-state index in [0.29, 0.717) is 11.3 Å². The first-order chi connectivity index (χ1) is 24.7. The lowest BCUT2D eigenvalue weighted by atomic mass is 9.81. The zero-order valence-electron chi connectivity index (χ0n) is 26.8. The van der Waals surface area contributed by atoms with Crippen LogP contribution in [-0.2, 0) is 0 Å².